The SMILES string of the molecule is C=CCOC(=O)N1c2cc(O[Si](C(C)C)(C(C)C)C(C)C)c(OC)cc2C(=O)N2C=C(c3ccc(OC)cc3)C[C@H]2C1O[Si](C)(C)C(C)(C)C. The fraction of sp³-hybridized carbons (Fsp3) is 0.538. The van der Waals surface area contributed by atoms with Crippen LogP contribution >= 0.6 is 0 Å². The maximum absolute atomic E-state index is 14.8. The standard InChI is InChI=1S/C39H58N2O7Si2/c1-15-20-46-38(43)41-32-23-35(47-50(25(2)3,26(4)5)27(6)7)34(45-12)22-31(32)36(42)40-24-29(28-16-18-30(44-11)19-17-28)21-33(40)37(41)48-49(13,14)39(8,9)10/h15-19,22-27,33,37H,1,20-21H2,2-14H3/t33-,37?/m0/s1. The summed E-state index contributed by atoms with van der Waals surface area (Å²) in [6.45, 7) is 27.9. The molecule has 2 heterocycles. The van der Waals surface area contributed by atoms with Crippen molar-refractivity contribution in [1.29, 1.82) is 0 Å². The first-order chi connectivity index (χ1) is 23.3. The van der Waals surface area contributed by atoms with Crippen LogP contribution in [0, 0.1) is 0 Å². The van der Waals surface area contributed by atoms with Gasteiger partial charge in [0.05, 0.1) is 31.5 Å². The van der Waals surface area contributed by atoms with Crippen LogP contribution in [0.3, 0.4) is 0 Å². The molecule has 0 saturated carbocycles. The summed E-state index contributed by atoms with van der Waals surface area (Å²) in [6, 6.07) is 10.7. The van der Waals surface area contributed by atoms with Crippen LogP contribution in [-0.2, 0) is 9.16 Å². The Bertz CT molecular complexity index is 1570. The van der Waals surface area contributed by atoms with Gasteiger partial charge in [-0.3, -0.25) is 4.79 Å². The second kappa shape index (κ2) is 15.0. The summed E-state index contributed by atoms with van der Waals surface area (Å²) in [6.07, 6.45) is 2.39. The molecule has 2 aliphatic rings. The van der Waals surface area contributed by atoms with Crippen molar-refractivity contribution >= 4 is 39.9 Å². The molecule has 2 aromatic rings. The van der Waals surface area contributed by atoms with Gasteiger partial charge in [-0.05, 0) is 70.5 Å². The number of amides is 2. The van der Waals surface area contributed by atoms with E-state index in [0.717, 1.165) is 16.9 Å². The lowest BCUT2D eigenvalue weighted by Gasteiger charge is -2.44. The zero-order valence-electron chi connectivity index (χ0n) is 32.4. The lowest BCUT2D eigenvalue weighted by Crippen LogP contribution is -2.58. The van der Waals surface area contributed by atoms with Gasteiger partial charge in [-0.1, -0.05) is 87.1 Å². The number of ether oxygens (including phenoxy) is 3. The number of benzene rings is 2. The highest BCUT2D eigenvalue weighted by Gasteiger charge is 2.52. The minimum absolute atomic E-state index is 0.00125. The van der Waals surface area contributed by atoms with E-state index in [4.69, 9.17) is 23.1 Å². The van der Waals surface area contributed by atoms with Crippen LogP contribution < -0.4 is 18.8 Å². The Hall–Kier alpha value is -3.55. The van der Waals surface area contributed by atoms with E-state index >= 15 is 0 Å². The highest BCUT2D eigenvalue weighted by Crippen LogP contribution is 2.49. The van der Waals surface area contributed by atoms with Crippen molar-refractivity contribution in [3.63, 3.8) is 0 Å². The highest BCUT2D eigenvalue weighted by atomic mass is 28.4. The zero-order valence-corrected chi connectivity index (χ0v) is 34.4. The van der Waals surface area contributed by atoms with E-state index in [9.17, 15) is 9.59 Å². The summed E-state index contributed by atoms with van der Waals surface area (Å²) < 4.78 is 31.5. The third-order valence-corrected chi connectivity index (χ3v) is 21.3. The van der Waals surface area contributed by atoms with Crippen molar-refractivity contribution in [3.8, 4) is 17.2 Å². The molecule has 4 rings (SSSR count). The third kappa shape index (κ3) is 7.27. The van der Waals surface area contributed by atoms with E-state index in [1.807, 2.05) is 30.5 Å². The molecule has 11 heteroatoms. The first kappa shape index (κ1) is 39.2. The van der Waals surface area contributed by atoms with E-state index < -0.39 is 35.0 Å². The predicted octanol–water partition coefficient (Wildman–Crippen LogP) is 10.0. The molecule has 0 saturated heterocycles. The van der Waals surface area contributed by atoms with Gasteiger partial charge in [0, 0.05) is 12.3 Å². The fourth-order valence-electron chi connectivity index (χ4n) is 7.25. The van der Waals surface area contributed by atoms with E-state index in [1.165, 1.54) is 6.08 Å². The molecule has 274 valence electrons. The van der Waals surface area contributed by atoms with E-state index in [-0.39, 0.29) is 34.2 Å². The van der Waals surface area contributed by atoms with Gasteiger partial charge in [0.15, 0.2) is 20.3 Å². The molecule has 0 N–H and O–H groups in total. The quantitative estimate of drug-likeness (QED) is 0.159. The largest absolute Gasteiger partial charge is 0.540 e. The minimum Gasteiger partial charge on any atom is -0.540 e. The second-order valence-electron chi connectivity index (χ2n) is 15.8. The number of anilines is 1. The minimum atomic E-state index is -2.56. The molecular weight excluding hydrogens is 665 g/mol. The van der Waals surface area contributed by atoms with E-state index in [1.54, 1.807) is 36.2 Å². The average molecular weight is 723 g/mol. The Morgan fingerprint density at radius 3 is 2.06 bits per heavy atom. The van der Waals surface area contributed by atoms with E-state index in [0.29, 0.717) is 29.2 Å². The Kier molecular flexibility index (Phi) is 11.8. The molecular formula is C39H58N2O7Si2. The average Bonchev–Trinajstić information content (AvgIpc) is 3.47. The van der Waals surface area contributed by atoms with Gasteiger partial charge < -0.3 is 28.0 Å². The summed E-state index contributed by atoms with van der Waals surface area (Å²) in [4.78, 5) is 32.5. The topological polar surface area (TPSA) is 86.8 Å². The maximum Gasteiger partial charge on any atom is 0.416 e. The lowest BCUT2D eigenvalue weighted by molar-refractivity contribution is 0.0590. The molecule has 0 radical (unpaired) electrons. The summed E-state index contributed by atoms with van der Waals surface area (Å²) in [7, 11) is -1.83. The first-order valence-electron chi connectivity index (χ1n) is 17.7. The first-order valence-corrected chi connectivity index (χ1v) is 22.7. The van der Waals surface area contributed by atoms with Crippen molar-refractivity contribution < 1.29 is 32.7 Å². The molecule has 0 spiro atoms. The van der Waals surface area contributed by atoms with Crippen LogP contribution in [0.15, 0.2) is 55.3 Å². The molecule has 0 aliphatic carbocycles. The summed E-state index contributed by atoms with van der Waals surface area (Å²) in [5.41, 5.74) is 3.42. The molecule has 2 aliphatic heterocycles. The lowest BCUT2D eigenvalue weighted by atomic mass is 10.0. The van der Waals surface area contributed by atoms with Crippen LogP contribution in [0.2, 0.25) is 34.8 Å². The summed E-state index contributed by atoms with van der Waals surface area (Å²) in [5, 5.41) is -0.191. The normalized spacial score (nSPS) is 18.2. The van der Waals surface area contributed by atoms with Gasteiger partial charge >= 0.3 is 6.09 Å². The third-order valence-electron chi connectivity index (χ3n) is 10.9. The monoisotopic (exact) mass is 722 g/mol. The predicted molar refractivity (Wildman–Crippen MR) is 206 cm³/mol. The number of methoxy groups -OCH3 is 2. The molecule has 2 atom stereocenters. The number of fused-ring (bicyclic) bond motifs is 2. The Balaban J connectivity index is 2.02. The van der Waals surface area contributed by atoms with Gasteiger partial charge in [0.2, 0.25) is 0 Å². The van der Waals surface area contributed by atoms with Crippen LogP contribution in [0.5, 0.6) is 17.2 Å². The Morgan fingerprint density at radius 2 is 1.56 bits per heavy atom. The van der Waals surface area contributed by atoms with Crippen molar-refractivity contribution in [1.82, 2.24) is 4.90 Å². The van der Waals surface area contributed by atoms with Gasteiger partial charge in [-0.2, -0.15) is 0 Å². The smallest absolute Gasteiger partial charge is 0.416 e. The number of carbonyl (C=O) groups excluding carboxylic acids is 2. The molecule has 50 heavy (non-hydrogen) atoms. The Morgan fingerprint density at radius 1 is 0.960 bits per heavy atom. The van der Waals surface area contributed by atoms with Crippen LogP contribution in [-0.4, -0.2) is 66.6 Å². The van der Waals surface area contributed by atoms with Gasteiger partial charge in [0.25, 0.3) is 14.2 Å². The summed E-state index contributed by atoms with van der Waals surface area (Å²) in [5.74, 6) is 1.42. The second-order valence-corrected chi connectivity index (χ2v) is 25.9. The fourth-order valence-corrected chi connectivity index (χ4v) is 13.7. The van der Waals surface area contributed by atoms with Crippen LogP contribution in [0.4, 0.5) is 10.5 Å². The van der Waals surface area contributed by atoms with Crippen molar-refractivity contribution in [2.24, 2.45) is 0 Å². The highest BCUT2D eigenvalue weighted by molar-refractivity contribution is 6.78. The van der Waals surface area contributed by atoms with Gasteiger partial charge in [-0.25, -0.2) is 9.69 Å². The number of rotatable bonds is 12. The number of nitrogens with zero attached hydrogens (tertiary/aromatic N) is 2. The summed E-state index contributed by atoms with van der Waals surface area (Å²) >= 11 is 0. The van der Waals surface area contributed by atoms with Gasteiger partial charge in [-0.15, -0.1) is 0 Å². The van der Waals surface area contributed by atoms with Crippen LogP contribution in [0.1, 0.15) is 84.7 Å². The molecule has 2 aromatic carbocycles. The Labute approximate surface area is 301 Å². The molecule has 1 unspecified atom stereocenters. The molecule has 9 nitrogen and oxygen atoms in total. The maximum atomic E-state index is 14.8. The van der Waals surface area contributed by atoms with Gasteiger partial charge in [0.1, 0.15) is 18.1 Å². The molecule has 0 fully saturated rings. The molecule has 0 bridgehead atoms. The molecule has 2 amide bonds. The zero-order chi connectivity index (χ0) is 37.3. The van der Waals surface area contributed by atoms with Crippen molar-refractivity contribution in [3.05, 3.63) is 66.4 Å². The van der Waals surface area contributed by atoms with Crippen LogP contribution in [0.25, 0.3) is 5.57 Å². The molecule has 0 aromatic heterocycles. The number of carbonyl (C=O) groups is 2. The van der Waals surface area contributed by atoms with Crippen molar-refractivity contribution in [2.75, 3.05) is 25.7 Å². The number of hydrogen-bond donors (Lipinski definition) is 0. The number of hydrogen-bond acceptors (Lipinski definition) is 7. The van der Waals surface area contributed by atoms with E-state index in [2.05, 4.69) is 82.0 Å². The van der Waals surface area contributed by atoms with Crippen molar-refractivity contribution in [2.45, 2.75) is 116 Å².